The summed E-state index contributed by atoms with van der Waals surface area (Å²) in [6, 6.07) is 14.6. The zero-order chi connectivity index (χ0) is 23.4. The molecule has 0 bridgehead atoms. The van der Waals surface area contributed by atoms with Gasteiger partial charge in [-0.1, -0.05) is 19.1 Å². The van der Waals surface area contributed by atoms with Gasteiger partial charge in [0.25, 0.3) is 5.92 Å². The van der Waals surface area contributed by atoms with Gasteiger partial charge in [0, 0.05) is 49.7 Å². The largest absolute Gasteiger partial charge is 0.356 e. The van der Waals surface area contributed by atoms with Crippen LogP contribution in [-0.2, 0) is 12.3 Å². The summed E-state index contributed by atoms with van der Waals surface area (Å²) in [7, 11) is 0. The third kappa shape index (κ3) is 4.95. The van der Waals surface area contributed by atoms with Crippen LogP contribution in [0.2, 0.25) is 0 Å². The molecule has 3 aromatic rings. The number of benzene rings is 1. The van der Waals surface area contributed by atoms with Crippen LogP contribution in [0.3, 0.4) is 0 Å². The highest BCUT2D eigenvalue weighted by Gasteiger charge is 2.29. The highest BCUT2D eigenvalue weighted by molar-refractivity contribution is 5.67. The monoisotopic (exact) mass is 447 g/mol. The summed E-state index contributed by atoms with van der Waals surface area (Å²) < 4.78 is 27.6. The van der Waals surface area contributed by atoms with E-state index in [1.165, 1.54) is 17.7 Å². The van der Waals surface area contributed by atoms with Gasteiger partial charge in [0.2, 0.25) is 0 Å². The average molecular weight is 448 g/mol. The fraction of sp³-hybridized carbons (Fsp3) is 0.346. The number of hydrogen-bond donors (Lipinski definition) is 0. The maximum atomic E-state index is 13.8. The van der Waals surface area contributed by atoms with Gasteiger partial charge in [-0.25, -0.2) is 13.8 Å². The molecule has 1 aromatic carbocycles. The van der Waals surface area contributed by atoms with Crippen molar-refractivity contribution in [3.8, 4) is 6.07 Å². The molecule has 0 unspecified atom stereocenters. The van der Waals surface area contributed by atoms with E-state index in [-0.39, 0.29) is 11.6 Å². The predicted molar refractivity (Wildman–Crippen MR) is 126 cm³/mol. The van der Waals surface area contributed by atoms with Gasteiger partial charge in [-0.15, -0.1) is 0 Å². The standard InChI is InChI=1S/C26H27F2N5/c1-3-20-10-13-30-18-24(20)33(22-7-5-21(6-8-22)26(2,27)28)23-11-14-32(15-12-23)25-9-4-19(16-29)17-31-25/h4-10,13,17-18,23H,3,11-12,14-15H2,1-2H3. The molecule has 0 saturated carbocycles. The zero-order valence-corrected chi connectivity index (χ0v) is 18.9. The van der Waals surface area contributed by atoms with Crippen LogP contribution in [0.25, 0.3) is 0 Å². The number of alkyl halides is 2. The van der Waals surface area contributed by atoms with Crippen LogP contribution < -0.4 is 9.80 Å². The summed E-state index contributed by atoms with van der Waals surface area (Å²) >= 11 is 0. The van der Waals surface area contributed by atoms with E-state index in [0.717, 1.165) is 56.5 Å². The molecule has 0 aliphatic carbocycles. The maximum Gasteiger partial charge on any atom is 0.270 e. The molecule has 0 N–H and O–H groups in total. The van der Waals surface area contributed by atoms with E-state index in [2.05, 4.69) is 32.8 Å². The molecule has 1 aliphatic rings. The molecule has 4 rings (SSSR count). The van der Waals surface area contributed by atoms with Crippen LogP contribution in [0.1, 0.15) is 43.4 Å². The number of halogens is 2. The molecule has 2 aromatic heterocycles. The molecule has 170 valence electrons. The lowest BCUT2D eigenvalue weighted by Crippen LogP contribution is -2.43. The van der Waals surface area contributed by atoms with Crippen molar-refractivity contribution in [2.45, 2.75) is 45.1 Å². The van der Waals surface area contributed by atoms with Crippen LogP contribution in [0.4, 0.5) is 26.0 Å². The van der Waals surface area contributed by atoms with Crippen molar-refractivity contribution in [1.29, 1.82) is 5.26 Å². The minimum absolute atomic E-state index is 0.00908. The van der Waals surface area contributed by atoms with Crippen molar-refractivity contribution in [3.05, 3.63) is 77.7 Å². The van der Waals surface area contributed by atoms with Crippen molar-refractivity contribution in [3.63, 3.8) is 0 Å². The number of aromatic nitrogens is 2. The average Bonchev–Trinajstić information content (AvgIpc) is 2.85. The summed E-state index contributed by atoms with van der Waals surface area (Å²) in [6.45, 7) is 4.65. The quantitative estimate of drug-likeness (QED) is 0.476. The second kappa shape index (κ2) is 9.53. The van der Waals surface area contributed by atoms with E-state index in [1.807, 2.05) is 18.3 Å². The van der Waals surface area contributed by atoms with Gasteiger partial charge in [0.05, 0.1) is 17.4 Å². The molecule has 33 heavy (non-hydrogen) atoms. The first kappa shape index (κ1) is 22.7. The van der Waals surface area contributed by atoms with Crippen LogP contribution in [0.5, 0.6) is 0 Å². The lowest BCUT2D eigenvalue weighted by atomic mass is 9.99. The molecular formula is C26H27F2N5. The molecule has 5 nitrogen and oxygen atoms in total. The number of nitriles is 1. The third-order valence-electron chi connectivity index (χ3n) is 6.21. The minimum Gasteiger partial charge on any atom is -0.356 e. The Morgan fingerprint density at radius 3 is 2.39 bits per heavy atom. The van der Waals surface area contributed by atoms with Crippen LogP contribution in [0, 0.1) is 11.3 Å². The molecule has 0 atom stereocenters. The maximum absolute atomic E-state index is 13.8. The van der Waals surface area contributed by atoms with E-state index in [4.69, 9.17) is 5.26 Å². The zero-order valence-electron chi connectivity index (χ0n) is 18.9. The summed E-state index contributed by atoms with van der Waals surface area (Å²) in [5.41, 5.74) is 3.64. The smallest absolute Gasteiger partial charge is 0.270 e. The number of anilines is 3. The predicted octanol–water partition coefficient (Wildman–Crippen LogP) is 5.83. The third-order valence-corrected chi connectivity index (χ3v) is 6.21. The molecule has 1 aliphatic heterocycles. The molecule has 0 radical (unpaired) electrons. The number of piperidine rings is 1. The summed E-state index contributed by atoms with van der Waals surface area (Å²) in [5.74, 6) is -2.00. The van der Waals surface area contributed by atoms with E-state index in [1.54, 1.807) is 30.6 Å². The SMILES string of the molecule is CCc1ccncc1N(c1ccc(C(C)(F)F)cc1)C1CCN(c2ccc(C#N)cn2)CC1. The van der Waals surface area contributed by atoms with E-state index in [0.29, 0.717) is 5.56 Å². The molecule has 0 spiro atoms. The summed E-state index contributed by atoms with van der Waals surface area (Å²) in [5, 5.41) is 9.00. The van der Waals surface area contributed by atoms with E-state index >= 15 is 0 Å². The van der Waals surface area contributed by atoms with E-state index in [9.17, 15) is 8.78 Å². The number of aryl methyl sites for hydroxylation is 1. The molecular weight excluding hydrogens is 420 g/mol. The van der Waals surface area contributed by atoms with Gasteiger partial charge in [0.1, 0.15) is 11.9 Å². The van der Waals surface area contributed by atoms with Crippen LogP contribution in [0.15, 0.2) is 61.1 Å². The Bertz CT molecular complexity index is 1110. The van der Waals surface area contributed by atoms with Gasteiger partial charge in [-0.3, -0.25) is 4.98 Å². The second-order valence-corrected chi connectivity index (χ2v) is 8.40. The first-order valence-electron chi connectivity index (χ1n) is 11.2. The van der Waals surface area contributed by atoms with Gasteiger partial charge in [-0.2, -0.15) is 5.26 Å². The van der Waals surface area contributed by atoms with Crippen molar-refractivity contribution < 1.29 is 8.78 Å². The first-order valence-corrected chi connectivity index (χ1v) is 11.2. The Morgan fingerprint density at radius 1 is 1.09 bits per heavy atom. The highest BCUT2D eigenvalue weighted by atomic mass is 19.3. The minimum atomic E-state index is -2.87. The Balaban J connectivity index is 1.61. The van der Waals surface area contributed by atoms with Crippen molar-refractivity contribution >= 4 is 17.2 Å². The molecule has 1 saturated heterocycles. The summed E-state index contributed by atoms with van der Waals surface area (Å²) in [6.07, 6.45) is 7.88. The fourth-order valence-electron chi connectivity index (χ4n) is 4.38. The summed E-state index contributed by atoms with van der Waals surface area (Å²) in [4.78, 5) is 13.3. The van der Waals surface area contributed by atoms with Crippen molar-refractivity contribution in [2.75, 3.05) is 22.9 Å². The normalized spacial score (nSPS) is 14.7. The molecule has 7 heteroatoms. The number of nitrogens with zero attached hydrogens (tertiary/aromatic N) is 5. The molecule has 0 amide bonds. The molecule has 1 fully saturated rings. The fourth-order valence-corrected chi connectivity index (χ4v) is 4.38. The van der Waals surface area contributed by atoms with E-state index < -0.39 is 5.92 Å². The Labute approximate surface area is 193 Å². The second-order valence-electron chi connectivity index (χ2n) is 8.40. The van der Waals surface area contributed by atoms with Gasteiger partial charge < -0.3 is 9.80 Å². The Kier molecular flexibility index (Phi) is 6.55. The van der Waals surface area contributed by atoms with Gasteiger partial charge in [0.15, 0.2) is 0 Å². The van der Waals surface area contributed by atoms with Crippen LogP contribution in [-0.4, -0.2) is 29.1 Å². The number of pyridine rings is 2. The number of hydrogen-bond acceptors (Lipinski definition) is 5. The highest BCUT2D eigenvalue weighted by Crippen LogP contribution is 2.36. The Hall–Kier alpha value is -3.53. The molecule has 3 heterocycles. The van der Waals surface area contributed by atoms with Crippen LogP contribution >= 0.6 is 0 Å². The first-order chi connectivity index (χ1) is 15.9. The topological polar surface area (TPSA) is 56.1 Å². The van der Waals surface area contributed by atoms with Gasteiger partial charge >= 0.3 is 0 Å². The van der Waals surface area contributed by atoms with Crippen molar-refractivity contribution in [2.24, 2.45) is 0 Å². The van der Waals surface area contributed by atoms with Gasteiger partial charge in [-0.05, 0) is 55.2 Å². The lowest BCUT2D eigenvalue weighted by Gasteiger charge is -2.41. The lowest BCUT2D eigenvalue weighted by molar-refractivity contribution is 0.0175. The number of rotatable bonds is 6. The Morgan fingerprint density at radius 2 is 1.82 bits per heavy atom. The van der Waals surface area contributed by atoms with Crippen molar-refractivity contribution in [1.82, 2.24) is 9.97 Å².